The van der Waals surface area contributed by atoms with E-state index in [1.807, 2.05) is 67.6 Å². The summed E-state index contributed by atoms with van der Waals surface area (Å²) < 4.78 is 12.8. The number of methoxy groups -OCH3 is 1. The molecule has 2 atom stereocenters. The molecule has 0 saturated carbocycles. The highest BCUT2D eigenvalue weighted by molar-refractivity contribution is 7.80. The largest absolute Gasteiger partial charge is 0.494 e. The normalized spacial score (nSPS) is 16.8. The molecule has 0 amide bonds. The van der Waals surface area contributed by atoms with Gasteiger partial charge in [0.15, 0.2) is 5.11 Å². The molecule has 0 aliphatic carbocycles. The lowest BCUT2D eigenvalue weighted by atomic mass is 9.96. The van der Waals surface area contributed by atoms with Crippen LogP contribution in [0.5, 0.6) is 5.75 Å². The fourth-order valence-corrected chi connectivity index (χ4v) is 5.54. The second kappa shape index (κ2) is 10.7. The van der Waals surface area contributed by atoms with Crippen LogP contribution in [0.2, 0.25) is 0 Å². The van der Waals surface area contributed by atoms with Crippen molar-refractivity contribution < 1.29 is 14.3 Å². The number of anilines is 1. The van der Waals surface area contributed by atoms with Crippen molar-refractivity contribution >= 4 is 29.0 Å². The van der Waals surface area contributed by atoms with Gasteiger partial charge in [0.2, 0.25) is 0 Å². The summed E-state index contributed by atoms with van der Waals surface area (Å²) in [5.74, 6) is 0.451. The molecular weight excluding hydrogens is 496 g/mol. The van der Waals surface area contributed by atoms with Gasteiger partial charge in [0.25, 0.3) is 0 Å². The second-order valence-corrected chi connectivity index (χ2v) is 9.51. The molecule has 1 N–H and O–H groups in total. The van der Waals surface area contributed by atoms with E-state index < -0.39 is 0 Å². The number of hydrogen-bond donors (Lipinski definition) is 1. The first kappa shape index (κ1) is 25.5. The smallest absolute Gasteiger partial charge is 0.337 e. The number of carbonyl (C=O) groups is 1. The number of benzene rings is 2. The molecule has 1 aliphatic rings. The summed E-state index contributed by atoms with van der Waals surface area (Å²) in [5, 5.41) is 4.16. The summed E-state index contributed by atoms with van der Waals surface area (Å²) in [4.78, 5) is 19.0. The third-order valence-corrected chi connectivity index (χ3v) is 7.15. The first-order valence-electron chi connectivity index (χ1n) is 12.5. The Hall–Kier alpha value is -4.17. The Morgan fingerprint density at radius 3 is 2.50 bits per heavy atom. The van der Waals surface area contributed by atoms with Crippen molar-refractivity contribution in [1.82, 2.24) is 14.9 Å². The first-order chi connectivity index (χ1) is 18.4. The lowest BCUT2D eigenvalue weighted by Gasteiger charge is -2.28. The summed E-state index contributed by atoms with van der Waals surface area (Å²) in [6.45, 7) is 6.74. The molecule has 194 valence electrons. The second-order valence-electron chi connectivity index (χ2n) is 9.13. The summed E-state index contributed by atoms with van der Waals surface area (Å²) in [7, 11) is 1.39. The highest BCUT2D eigenvalue weighted by Crippen LogP contribution is 2.44. The monoisotopic (exact) mass is 526 g/mol. The van der Waals surface area contributed by atoms with Crippen LogP contribution in [0.3, 0.4) is 0 Å². The van der Waals surface area contributed by atoms with Crippen LogP contribution in [0.1, 0.15) is 52.0 Å². The predicted octanol–water partition coefficient (Wildman–Crippen LogP) is 5.85. The number of pyridine rings is 1. The lowest BCUT2D eigenvalue weighted by Crippen LogP contribution is -2.29. The minimum atomic E-state index is -0.364. The molecule has 0 radical (unpaired) electrons. The number of carbonyl (C=O) groups excluding carboxylic acids is 1. The summed E-state index contributed by atoms with van der Waals surface area (Å²) >= 11 is 5.89. The molecule has 2 aromatic carbocycles. The molecule has 1 aliphatic heterocycles. The maximum Gasteiger partial charge on any atom is 0.337 e. The zero-order valence-electron chi connectivity index (χ0n) is 21.8. The average Bonchev–Trinajstić information content (AvgIpc) is 3.44. The SMILES string of the molecule is CCOc1ccc(N2C(=S)N[C@H](c3ccccn3)[C@@H]2c2cc(C)n(-c3cccc(C(=O)OC)c3)c2C)cc1. The molecule has 0 unspecified atom stereocenters. The van der Waals surface area contributed by atoms with Crippen LogP contribution in [-0.2, 0) is 4.74 Å². The van der Waals surface area contributed by atoms with Crippen molar-refractivity contribution in [2.75, 3.05) is 18.6 Å². The van der Waals surface area contributed by atoms with E-state index in [4.69, 9.17) is 21.7 Å². The van der Waals surface area contributed by atoms with Gasteiger partial charge in [0, 0.05) is 29.0 Å². The van der Waals surface area contributed by atoms with Gasteiger partial charge in [-0.2, -0.15) is 0 Å². The van der Waals surface area contributed by atoms with Crippen LogP contribution in [0.4, 0.5) is 5.69 Å². The maximum absolute atomic E-state index is 12.2. The molecule has 3 heterocycles. The van der Waals surface area contributed by atoms with Gasteiger partial charge in [0.05, 0.1) is 37.1 Å². The number of ether oxygens (including phenoxy) is 2. The van der Waals surface area contributed by atoms with Crippen molar-refractivity contribution in [3.05, 3.63) is 107 Å². The van der Waals surface area contributed by atoms with Gasteiger partial charge in [-0.3, -0.25) is 4.98 Å². The van der Waals surface area contributed by atoms with Crippen molar-refractivity contribution in [2.45, 2.75) is 32.9 Å². The number of nitrogens with zero attached hydrogens (tertiary/aromatic N) is 3. The molecular formula is C30H30N4O3S. The van der Waals surface area contributed by atoms with Gasteiger partial charge in [-0.05, 0) is 99.2 Å². The van der Waals surface area contributed by atoms with Gasteiger partial charge in [0.1, 0.15) is 5.75 Å². The average molecular weight is 527 g/mol. The molecule has 0 spiro atoms. The highest BCUT2D eigenvalue weighted by Gasteiger charge is 2.42. The lowest BCUT2D eigenvalue weighted by molar-refractivity contribution is 0.0600. The Morgan fingerprint density at radius 2 is 1.82 bits per heavy atom. The molecule has 0 bridgehead atoms. The number of aryl methyl sites for hydroxylation is 1. The molecule has 1 saturated heterocycles. The van der Waals surface area contributed by atoms with E-state index in [2.05, 4.69) is 39.7 Å². The van der Waals surface area contributed by atoms with Gasteiger partial charge in [-0.1, -0.05) is 12.1 Å². The minimum Gasteiger partial charge on any atom is -0.494 e. The van der Waals surface area contributed by atoms with E-state index in [0.717, 1.165) is 39.8 Å². The predicted molar refractivity (Wildman–Crippen MR) is 152 cm³/mol. The summed E-state index contributed by atoms with van der Waals surface area (Å²) in [5.41, 5.74) is 6.48. The number of hydrogen-bond acceptors (Lipinski definition) is 5. The molecule has 2 aromatic heterocycles. The number of thiocarbonyl (C=S) groups is 1. The topological polar surface area (TPSA) is 68.6 Å². The third-order valence-electron chi connectivity index (χ3n) is 6.84. The third kappa shape index (κ3) is 4.63. The molecule has 1 fully saturated rings. The zero-order chi connectivity index (χ0) is 26.8. The van der Waals surface area contributed by atoms with Crippen LogP contribution in [-0.4, -0.2) is 34.3 Å². The number of esters is 1. The van der Waals surface area contributed by atoms with Crippen molar-refractivity contribution in [2.24, 2.45) is 0 Å². The molecule has 5 rings (SSSR count). The quantitative estimate of drug-likeness (QED) is 0.239. The van der Waals surface area contributed by atoms with E-state index in [9.17, 15) is 4.79 Å². The van der Waals surface area contributed by atoms with Crippen molar-refractivity contribution in [3.63, 3.8) is 0 Å². The van der Waals surface area contributed by atoms with Crippen LogP contribution in [0, 0.1) is 13.8 Å². The van der Waals surface area contributed by atoms with E-state index in [1.165, 1.54) is 7.11 Å². The Kier molecular flexibility index (Phi) is 7.15. The summed E-state index contributed by atoms with van der Waals surface area (Å²) in [6.07, 6.45) is 1.80. The van der Waals surface area contributed by atoms with E-state index in [0.29, 0.717) is 17.3 Å². The number of aromatic nitrogens is 2. The highest BCUT2D eigenvalue weighted by atomic mass is 32.1. The van der Waals surface area contributed by atoms with Crippen LogP contribution < -0.4 is 15.0 Å². The Morgan fingerprint density at radius 1 is 1.03 bits per heavy atom. The zero-order valence-corrected chi connectivity index (χ0v) is 22.7. The first-order valence-corrected chi connectivity index (χ1v) is 12.9. The summed E-state index contributed by atoms with van der Waals surface area (Å²) in [6, 6.07) is 23.3. The minimum absolute atomic E-state index is 0.154. The maximum atomic E-state index is 12.2. The van der Waals surface area contributed by atoms with Gasteiger partial charge < -0.3 is 24.3 Å². The fourth-order valence-electron chi connectivity index (χ4n) is 5.19. The van der Waals surface area contributed by atoms with Crippen LogP contribution in [0.15, 0.2) is 79.0 Å². The molecule has 7 nitrogen and oxygen atoms in total. The number of nitrogens with one attached hydrogen (secondary N) is 1. The standard InChI is InChI=1S/C30H30N4O3S/c1-5-37-24-14-12-22(13-15-24)34-28(27(32-30(34)38)26-11-6-7-16-31-26)25-17-19(2)33(20(25)3)23-10-8-9-21(18-23)29(35)36-4/h6-18,27-28H,5H2,1-4H3,(H,32,38)/t27-,28+/m1/s1. The van der Waals surface area contributed by atoms with E-state index >= 15 is 0 Å². The van der Waals surface area contributed by atoms with Gasteiger partial charge in [-0.25, -0.2) is 4.79 Å². The Labute approximate surface area is 228 Å². The van der Waals surface area contributed by atoms with Crippen LogP contribution >= 0.6 is 12.2 Å². The van der Waals surface area contributed by atoms with E-state index in [1.54, 1.807) is 12.3 Å². The van der Waals surface area contributed by atoms with Crippen LogP contribution in [0.25, 0.3) is 5.69 Å². The van der Waals surface area contributed by atoms with Crippen molar-refractivity contribution in [1.29, 1.82) is 0 Å². The Bertz CT molecular complexity index is 1470. The van der Waals surface area contributed by atoms with Gasteiger partial charge >= 0.3 is 5.97 Å². The van der Waals surface area contributed by atoms with E-state index in [-0.39, 0.29) is 18.1 Å². The number of rotatable bonds is 7. The van der Waals surface area contributed by atoms with Crippen molar-refractivity contribution in [3.8, 4) is 11.4 Å². The molecule has 4 aromatic rings. The van der Waals surface area contributed by atoms with Gasteiger partial charge in [-0.15, -0.1) is 0 Å². The fraction of sp³-hybridized carbons (Fsp3) is 0.233. The Balaban J connectivity index is 1.63. The molecule has 8 heteroatoms. The molecule has 38 heavy (non-hydrogen) atoms.